The molecule has 0 saturated heterocycles. The second-order valence-corrected chi connectivity index (χ2v) is 4.78. The number of aryl methyl sites for hydroxylation is 1. The summed E-state index contributed by atoms with van der Waals surface area (Å²) >= 11 is 0. The highest BCUT2D eigenvalue weighted by Crippen LogP contribution is 2.14. The second-order valence-electron chi connectivity index (χ2n) is 3.20. The van der Waals surface area contributed by atoms with Crippen LogP contribution in [0, 0.1) is 6.92 Å². The molecule has 4 nitrogen and oxygen atoms in total. The van der Waals surface area contributed by atoms with Crippen LogP contribution in [0.3, 0.4) is 0 Å². The minimum atomic E-state index is -3.82. The van der Waals surface area contributed by atoms with E-state index in [1.807, 2.05) is 6.92 Å². The van der Waals surface area contributed by atoms with Gasteiger partial charge in [0.2, 0.25) is 0 Å². The van der Waals surface area contributed by atoms with Crippen molar-refractivity contribution in [1.29, 1.82) is 0 Å². The number of carbonyl (C=O) groups is 1. The summed E-state index contributed by atoms with van der Waals surface area (Å²) in [5.74, 6) is 0. The third-order valence-corrected chi connectivity index (χ3v) is 3.19. The lowest BCUT2D eigenvalue weighted by Crippen LogP contribution is -2.16. The molecule has 1 unspecified atom stereocenters. The fourth-order valence-electron chi connectivity index (χ4n) is 0.983. The molecule has 0 spiro atoms. The van der Waals surface area contributed by atoms with Crippen LogP contribution in [0.4, 0.5) is 0 Å². The fourth-order valence-corrected chi connectivity index (χ4v) is 2.01. The van der Waals surface area contributed by atoms with Crippen LogP contribution < -0.4 is 0 Å². The molecule has 0 aromatic heterocycles. The Labute approximate surface area is 89.0 Å². The molecule has 5 heteroatoms. The highest BCUT2D eigenvalue weighted by molar-refractivity contribution is 7.86. The molecule has 0 aliphatic rings. The molecule has 82 valence electrons. The van der Waals surface area contributed by atoms with Gasteiger partial charge >= 0.3 is 0 Å². The first-order chi connectivity index (χ1) is 6.95. The largest absolute Gasteiger partial charge is 0.300 e. The summed E-state index contributed by atoms with van der Waals surface area (Å²) in [5.41, 5.74) is 0.956. The molecular formula is C10H12O4S. The van der Waals surface area contributed by atoms with Gasteiger partial charge in [-0.25, -0.2) is 0 Å². The van der Waals surface area contributed by atoms with Crippen LogP contribution >= 0.6 is 0 Å². The van der Waals surface area contributed by atoms with Crippen LogP contribution in [0.1, 0.15) is 12.5 Å². The highest BCUT2D eigenvalue weighted by Gasteiger charge is 2.18. The van der Waals surface area contributed by atoms with Crippen molar-refractivity contribution in [3.8, 4) is 0 Å². The third kappa shape index (κ3) is 3.14. The van der Waals surface area contributed by atoms with Gasteiger partial charge in [0, 0.05) is 0 Å². The molecule has 1 atom stereocenters. The maximum atomic E-state index is 11.5. The van der Waals surface area contributed by atoms with Crippen molar-refractivity contribution >= 4 is 16.4 Å². The molecule has 15 heavy (non-hydrogen) atoms. The molecule has 0 amide bonds. The molecule has 0 fully saturated rings. The number of rotatable bonds is 4. The number of hydrogen-bond donors (Lipinski definition) is 0. The predicted octanol–water partition coefficient (Wildman–Crippen LogP) is 1.29. The van der Waals surface area contributed by atoms with Crippen LogP contribution in [0.25, 0.3) is 0 Å². The first-order valence-electron chi connectivity index (χ1n) is 4.41. The molecule has 0 saturated carbocycles. The van der Waals surface area contributed by atoms with Gasteiger partial charge in [0.25, 0.3) is 10.1 Å². The number of hydrogen-bond acceptors (Lipinski definition) is 4. The molecule has 1 aromatic rings. The zero-order valence-electron chi connectivity index (χ0n) is 8.51. The van der Waals surface area contributed by atoms with Crippen molar-refractivity contribution in [2.75, 3.05) is 0 Å². The molecule has 0 bridgehead atoms. The van der Waals surface area contributed by atoms with Gasteiger partial charge in [-0.1, -0.05) is 17.7 Å². The average Bonchev–Trinajstić information content (AvgIpc) is 2.17. The number of aldehydes is 1. The lowest BCUT2D eigenvalue weighted by molar-refractivity contribution is -0.112. The Bertz CT molecular complexity index is 433. The van der Waals surface area contributed by atoms with Crippen molar-refractivity contribution in [3.63, 3.8) is 0 Å². The van der Waals surface area contributed by atoms with Crippen LogP contribution in [-0.2, 0) is 19.1 Å². The van der Waals surface area contributed by atoms with Crippen molar-refractivity contribution in [2.24, 2.45) is 0 Å². The summed E-state index contributed by atoms with van der Waals surface area (Å²) in [5, 5.41) is 0. The van der Waals surface area contributed by atoms with Gasteiger partial charge in [0.05, 0.1) is 4.90 Å². The molecular weight excluding hydrogens is 216 g/mol. The van der Waals surface area contributed by atoms with Gasteiger partial charge in [0.1, 0.15) is 12.4 Å². The third-order valence-electron chi connectivity index (χ3n) is 1.78. The lowest BCUT2D eigenvalue weighted by Gasteiger charge is -2.07. The Morgan fingerprint density at radius 1 is 1.27 bits per heavy atom. The summed E-state index contributed by atoms with van der Waals surface area (Å²) in [4.78, 5) is 10.3. The van der Waals surface area contributed by atoms with E-state index >= 15 is 0 Å². The molecule has 1 rings (SSSR count). The normalized spacial score (nSPS) is 13.5. The van der Waals surface area contributed by atoms with Crippen molar-refractivity contribution in [3.05, 3.63) is 29.8 Å². The Balaban J connectivity index is 2.96. The lowest BCUT2D eigenvalue weighted by atomic mass is 10.2. The monoisotopic (exact) mass is 228 g/mol. The van der Waals surface area contributed by atoms with E-state index < -0.39 is 16.2 Å². The van der Waals surface area contributed by atoms with Gasteiger partial charge in [-0.15, -0.1) is 0 Å². The topological polar surface area (TPSA) is 60.4 Å². The van der Waals surface area contributed by atoms with Gasteiger partial charge in [0.15, 0.2) is 0 Å². The first kappa shape index (κ1) is 11.9. The van der Waals surface area contributed by atoms with Gasteiger partial charge in [-0.2, -0.15) is 8.42 Å². The van der Waals surface area contributed by atoms with E-state index in [2.05, 4.69) is 4.18 Å². The van der Waals surface area contributed by atoms with E-state index in [1.165, 1.54) is 19.1 Å². The summed E-state index contributed by atoms with van der Waals surface area (Å²) in [6.45, 7) is 3.23. The molecule has 0 radical (unpaired) electrons. The SMILES string of the molecule is Cc1ccc(S(=O)(=O)OC(C)C=O)cc1. The summed E-state index contributed by atoms with van der Waals surface area (Å²) < 4.78 is 27.7. The Hall–Kier alpha value is -1.20. The van der Waals surface area contributed by atoms with Crippen molar-refractivity contribution in [1.82, 2.24) is 0 Å². The molecule has 0 aliphatic heterocycles. The van der Waals surface area contributed by atoms with Gasteiger partial charge < -0.3 is 4.79 Å². The standard InChI is InChI=1S/C10H12O4S/c1-8-3-5-10(6-4-8)15(12,13)14-9(2)7-11/h3-7,9H,1-2H3. The summed E-state index contributed by atoms with van der Waals surface area (Å²) in [7, 11) is -3.82. The van der Waals surface area contributed by atoms with E-state index in [0.29, 0.717) is 6.29 Å². The Kier molecular flexibility index (Phi) is 3.60. The van der Waals surface area contributed by atoms with Crippen molar-refractivity contribution in [2.45, 2.75) is 24.8 Å². The van der Waals surface area contributed by atoms with Crippen LogP contribution in [0.2, 0.25) is 0 Å². The second kappa shape index (κ2) is 4.55. The molecule has 0 aliphatic carbocycles. The van der Waals surface area contributed by atoms with Crippen LogP contribution in [0.5, 0.6) is 0 Å². The van der Waals surface area contributed by atoms with E-state index in [1.54, 1.807) is 12.1 Å². The van der Waals surface area contributed by atoms with Crippen molar-refractivity contribution < 1.29 is 17.4 Å². The fraction of sp³-hybridized carbons (Fsp3) is 0.300. The quantitative estimate of drug-likeness (QED) is 0.575. The number of carbonyl (C=O) groups excluding carboxylic acids is 1. The minimum Gasteiger partial charge on any atom is -0.300 e. The summed E-state index contributed by atoms with van der Waals surface area (Å²) in [6.07, 6.45) is -0.526. The van der Waals surface area contributed by atoms with E-state index in [4.69, 9.17) is 0 Å². The van der Waals surface area contributed by atoms with Crippen LogP contribution in [0.15, 0.2) is 29.2 Å². The van der Waals surface area contributed by atoms with E-state index in [9.17, 15) is 13.2 Å². The Morgan fingerprint density at radius 2 is 1.80 bits per heavy atom. The molecule has 0 heterocycles. The average molecular weight is 228 g/mol. The maximum absolute atomic E-state index is 11.5. The molecule has 0 N–H and O–H groups in total. The predicted molar refractivity (Wildman–Crippen MR) is 55.0 cm³/mol. The first-order valence-corrected chi connectivity index (χ1v) is 5.82. The zero-order valence-corrected chi connectivity index (χ0v) is 9.32. The minimum absolute atomic E-state index is 0.0572. The maximum Gasteiger partial charge on any atom is 0.297 e. The Morgan fingerprint density at radius 3 is 2.27 bits per heavy atom. The molecule has 1 aromatic carbocycles. The van der Waals surface area contributed by atoms with E-state index in [0.717, 1.165) is 5.56 Å². The summed E-state index contributed by atoms with van der Waals surface area (Å²) in [6, 6.07) is 6.23. The van der Waals surface area contributed by atoms with Crippen LogP contribution in [-0.4, -0.2) is 20.8 Å². The van der Waals surface area contributed by atoms with Gasteiger partial charge in [-0.3, -0.25) is 4.18 Å². The smallest absolute Gasteiger partial charge is 0.297 e. The number of benzene rings is 1. The highest BCUT2D eigenvalue weighted by atomic mass is 32.2. The zero-order chi connectivity index (χ0) is 11.5. The van der Waals surface area contributed by atoms with E-state index in [-0.39, 0.29) is 4.90 Å². The van der Waals surface area contributed by atoms with Gasteiger partial charge in [-0.05, 0) is 26.0 Å².